The van der Waals surface area contributed by atoms with Gasteiger partial charge in [-0.3, -0.25) is 48.1 Å². The molecule has 5 atom stereocenters. The Bertz CT molecular complexity index is 1800. The molecule has 60 heavy (non-hydrogen) atoms. The van der Waals surface area contributed by atoms with Crippen LogP contribution in [0, 0.1) is 23.2 Å². The number of nitrogens with zero attached hydrogens (tertiary/aromatic N) is 1. The van der Waals surface area contributed by atoms with E-state index in [0.29, 0.717) is 6.29 Å². The highest BCUT2D eigenvalue weighted by molar-refractivity contribution is 6.07. The molecule has 8 N–H and O–H groups in total. The first-order valence-electron chi connectivity index (χ1n) is 19.3. The predicted octanol–water partition coefficient (Wildman–Crippen LogP) is 1.13. The number of benzene rings is 1. The zero-order valence-corrected chi connectivity index (χ0v) is 35.2. The van der Waals surface area contributed by atoms with Crippen molar-refractivity contribution in [1.82, 2.24) is 26.6 Å². The third-order valence-electron chi connectivity index (χ3n) is 8.94. The summed E-state index contributed by atoms with van der Waals surface area (Å²) in [5.41, 5.74) is -2.83. The van der Waals surface area contributed by atoms with Gasteiger partial charge in [-0.1, -0.05) is 52.8 Å². The topological polar surface area (TPSA) is 295 Å². The van der Waals surface area contributed by atoms with E-state index in [1.165, 1.54) is 26.0 Å². The largest absolute Gasteiger partial charge is 0.481 e. The number of aliphatic carboxylic acids is 3. The molecule has 1 rings (SSSR count). The average molecular weight is 843 g/mol. The van der Waals surface area contributed by atoms with E-state index in [0.717, 1.165) is 4.90 Å². The van der Waals surface area contributed by atoms with Crippen molar-refractivity contribution in [1.29, 1.82) is 0 Å². The lowest BCUT2D eigenvalue weighted by atomic mass is 9.84. The van der Waals surface area contributed by atoms with Gasteiger partial charge in [-0.25, -0.2) is 0 Å². The van der Waals surface area contributed by atoms with Gasteiger partial charge in [0.25, 0.3) is 5.91 Å². The first kappa shape index (κ1) is 51.7. The standard InChI is InChI=1S/C41H58N6O13/c1-9-10-14-25(23-48)42-35(56)28(21-24(2)3)45-37(58)34(40(4,5)6)46-39(60)41(7,8)47(26-15-12-11-13-16-26)38(59)27(17-19-31(50)51)44-36(57)29(22-33(54)55)43-30(49)18-20-32(52)53/h11-13,15-16,23-25,27-29,34H,14,17-22H2,1-8H3,(H,42,56)(H,43,49)(H,44,57)(H,45,58)(H,46,60)(H,50,51)(H,52,53)(H,54,55)/t25-,27-,28-,29-,34+/m0/s1. The molecule has 0 saturated heterocycles. The quantitative estimate of drug-likeness (QED) is 0.0536. The Labute approximate surface area is 349 Å². The van der Waals surface area contributed by atoms with E-state index in [1.54, 1.807) is 45.9 Å². The van der Waals surface area contributed by atoms with Gasteiger partial charge in [-0.15, -0.1) is 11.8 Å². The summed E-state index contributed by atoms with van der Waals surface area (Å²) in [4.78, 5) is 129. The van der Waals surface area contributed by atoms with Gasteiger partial charge >= 0.3 is 17.9 Å². The van der Waals surface area contributed by atoms with Crippen LogP contribution in [0.5, 0.6) is 0 Å². The number of hydrogen-bond donors (Lipinski definition) is 8. The number of aldehydes is 1. The second kappa shape index (κ2) is 23.9. The highest BCUT2D eigenvalue weighted by atomic mass is 16.4. The Morgan fingerprint density at radius 1 is 0.717 bits per heavy atom. The molecule has 0 bridgehead atoms. The Kier molecular flexibility index (Phi) is 20.6. The van der Waals surface area contributed by atoms with Crippen LogP contribution >= 0.6 is 0 Å². The van der Waals surface area contributed by atoms with Crippen LogP contribution in [0.3, 0.4) is 0 Å². The molecule has 1 aromatic rings. The summed E-state index contributed by atoms with van der Waals surface area (Å²) in [5, 5.41) is 40.3. The number of carbonyl (C=O) groups excluding carboxylic acids is 7. The Morgan fingerprint density at radius 3 is 1.78 bits per heavy atom. The van der Waals surface area contributed by atoms with Crippen molar-refractivity contribution in [3.63, 3.8) is 0 Å². The zero-order valence-electron chi connectivity index (χ0n) is 35.2. The first-order chi connectivity index (χ1) is 27.8. The molecule has 0 heterocycles. The van der Waals surface area contributed by atoms with Gasteiger partial charge in [0, 0.05) is 24.9 Å². The van der Waals surface area contributed by atoms with Crippen LogP contribution in [0.15, 0.2) is 30.3 Å². The summed E-state index contributed by atoms with van der Waals surface area (Å²) in [6, 6.07) is 0.668. The average Bonchev–Trinajstić information content (AvgIpc) is 3.14. The molecule has 0 saturated carbocycles. The predicted molar refractivity (Wildman–Crippen MR) is 217 cm³/mol. The van der Waals surface area contributed by atoms with Crippen LogP contribution in [-0.2, 0) is 47.9 Å². The minimum Gasteiger partial charge on any atom is -0.481 e. The molecule has 330 valence electrons. The number of amides is 6. The molecule has 1 aromatic carbocycles. The summed E-state index contributed by atoms with van der Waals surface area (Å²) in [6.45, 7) is 12.9. The van der Waals surface area contributed by atoms with Crippen LogP contribution in [0.25, 0.3) is 0 Å². The van der Waals surface area contributed by atoms with Crippen molar-refractivity contribution in [2.75, 3.05) is 4.90 Å². The summed E-state index contributed by atoms with van der Waals surface area (Å²) in [7, 11) is 0. The number of hydrogen-bond acceptors (Lipinski definition) is 10. The lowest BCUT2D eigenvalue weighted by Gasteiger charge is -2.41. The maximum absolute atomic E-state index is 14.6. The second-order valence-electron chi connectivity index (χ2n) is 16.0. The number of nitrogens with one attached hydrogen (secondary N) is 5. The first-order valence-corrected chi connectivity index (χ1v) is 19.3. The smallest absolute Gasteiger partial charge is 0.305 e. The van der Waals surface area contributed by atoms with Crippen molar-refractivity contribution >= 4 is 65.3 Å². The van der Waals surface area contributed by atoms with Gasteiger partial charge in [0.05, 0.1) is 18.9 Å². The molecular formula is C41H58N6O13. The van der Waals surface area contributed by atoms with E-state index >= 15 is 0 Å². The molecular weight excluding hydrogens is 784 g/mol. The van der Waals surface area contributed by atoms with E-state index in [4.69, 9.17) is 5.11 Å². The lowest BCUT2D eigenvalue weighted by molar-refractivity contribution is -0.142. The highest BCUT2D eigenvalue weighted by Crippen LogP contribution is 2.28. The minimum atomic E-state index is -1.92. The van der Waals surface area contributed by atoms with Crippen LogP contribution < -0.4 is 31.5 Å². The van der Waals surface area contributed by atoms with E-state index in [-0.39, 0.29) is 24.4 Å². The van der Waals surface area contributed by atoms with Crippen molar-refractivity contribution in [2.45, 2.75) is 136 Å². The molecule has 0 fully saturated rings. The third-order valence-corrected chi connectivity index (χ3v) is 8.94. The van der Waals surface area contributed by atoms with Crippen molar-refractivity contribution in [3.05, 3.63) is 30.3 Å². The minimum absolute atomic E-state index is 0.0510. The molecule has 19 nitrogen and oxygen atoms in total. The van der Waals surface area contributed by atoms with Crippen molar-refractivity contribution in [3.8, 4) is 11.8 Å². The maximum atomic E-state index is 14.6. The Balaban J connectivity index is 3.67. The molecule has 6 amide bonds. The molecule has 0 spiro atoms. The van der Waals surface area contributed by atoms with Gasteiger partial charge in [0.1, 0.15) is 36.0 Å². The molecule has 0 aliphatic rings. The SMILES string of the molecule is CC#CC[C@@H](C=O)NC(=O)[C@H](CC(C)C)NC(=O)[C@@H](NC(=O)C(C)(C)N(C(=O)[C@H](CCC(=O)O)NC(=O)[C@H](CC(=O)O)NC(=O)CCC(=O)O)c1ccccc1)C(C)(C)C. The summed E-state index contributed by atoms with van der Waals surface area (Å²) >= 11 is 0. The Morgan fingerprint density at radius 2 is 1.28 bits per heavy atom. The van der Waals surface area contributed by atoms with E-state index in [1.807, 2.05) is 13.8 Å². The highest BCUT2D eigenvalue weighted by Gasteiger charge is 2.45. The fourth-order valence-corrected chi connectivity index (χ4v) is 5.80. The number of rotatable bonds is 24. The van der Waals surface area contributed by atoms with Crippen LogP contribution in [0.1, 0.15) is 100 Å². The fourth-order valence-electron chi connectivity index (χ4n) is 5.80. The molecule has 0 radical (unpaired) electrons. The number of carbonyl (C=O) groups is 10. The maximum Gasteiger partial charge on any atom is 0.305 e. The number of anilines is 1. The van der Waals surface area contributed by atoms with E-state index < -0.39 is 127 Å². The van der Waals surface area contributed by atoms with Gasteiger partial charge in [-0.2, -0.15) is 0 Å². The van der Waals surface area contributed by atoms with Gasteiger partial charge < -0.3 is 46.7 Å². The second-order valence-corrected chi connectivity index (χ2v) is 16.0. The van der Waals surface area contributed by atoms with Crippen LogP contribution in [0.2, 0.25) is 0 Å². The van der Waals surface area contributed by atoms with Crippen LogP contribution in [0.4, 0.5) is 5.69 Å². The third kappa shape index (κ3) is 17.3. The van der Waals surface area contributed by atoms with Crippen LogP contribution in [-0.4, -0.2) is 111 Å². The fraction of sp³-hybridized carbons (Fsp3) is 0.561. The van der Waals surface area contributed by atoms with Gasteiger partial charge in [0.2, 0.25) is 29.5 Å². The monoisotopic (exact) mass is 842 g/mol. The number of carboxylic acids is 3. The molecule has 19 heteroatoms. The molecule has 0 aliphatic carbocycles. The summed E-state index contributed by atoms with van der Waals surface area (Å²) in [6.07, 6.45) is -2.70. The molecule has 0 aliphatic heterocycles. The van der Waals surface area contributed by atoms with Gasteiger partial charge in [0.15, 0.2) is 0 Å². The van der Waals surface area contributed by atoms with Gasteiger partial charge in [-0.05, 0) is 57.1 Å². The lowest BCUT2D eigenvalue weighted by Crippen LogP contribution is -2.66. The van der Waals surface area contributed by atoms with E-state index in [2.05, 4.69) is 38.4 Å². The van der Waals surface area contributed by atoms with Crippen molar-refractivity contribution in [2.24, 2.45) is 11.3 Å². The Hall–Kier alpha value is -6.32. The summed E-state index contributed by atoms with van der Waals surface area (Å²) in [5.74, 6) is -4.46. The van der Waals surface area contributed by atoms with E-state index in [9.17, 15) is 58.2 Å². The summed E-state index contributed by atoms with van der Waals surface area (Å²) < 4.78 is 0. The molecule has 0 aromatic heterocycles. The number of carboxylic acid groups (broad SMARTS) is 3. The number of para-hydroxylation sites is 1. The zero-order chi connectivity index (χ0) is 46.0. The normalized spacial score (nSPS) is 13.7. The van der Waals surface area contributed by atoms with Crippen molar-refractivity contribution < 1.29 is 63.3 Å². The molecule has 0 unspecified atom stereocenters.